The van der Waals surface area contributed by atoms with Crippen molar-refractivity contribution < 1.29 is 24.2 Å². The summed E-state index contributed by atoms with van der Waals surface area (Å²) in [6, 6.07) is 0.865. The number of benzene rings is 1. The normalized spacial score (nSPS) is 10.7. The maximum atomic E-state index is 15.0. The number of nitrogens with zero attached hydrogens (tertiary/aromatic N) is 3. The van der Waals surface area contributed by atoms with E-state index in [2.05, 4.69) is 4.98 Å². The van der Waals surface area contributed by atoms with Crippen molar-refractivity contribution in [3.8, 4) is 5.69 Å². The van der Waals surface area contributed by atoms with E-state index in [4.69, 9.17) is 5.11 Å². The number of rotatable bonds is 3. The van der Waals surface area contributed by atoms with Gasteiger partial charge in [-0.15, -0.1) is 0 Å². The molecule has 132 valence electrons. The number of hydrogen-bond donors (Lipinski definition) is 1. The Kier molecular flexibility index (Phi) is 4.71. The van der Waals surface area contributed by atoms with Crippen LogP contribution in [0, 0.1) is 18.6 Å². The summed E-state index contributed by atoms with van der Waals surface area (Å²) < 4.78 is 31.9. The van der Waals surface area contributed by atoms with Gasteiger partial charge in [-0.3, -0.25) is 4.79 Å². The molecule has 0 radical (unpaired) electrons. The highest BCUT2D eigenvalue weighted by Crippen LogP contribution is 2.26. The number of halogens is 2. The van der Waals surface area contributed by atoms with Crippen LogP contribution in [-0.4, -0.2) is 30.7 Å². The molecule has 0 saturated heterocycles. The van der Waals surface area contributed by atoms with E-state index in [-0.39, 0.29) is 28.6 Å². The van der Waals surface area contributed by atoms with Crippen LogP contribution in [0.2, 0.25) is 0 Å². The molecule has 0 fully saturated rings. The second-order valence-electron chi connectivity index (χ2n) is 5.30. The largest absolute Gasteiger partial charge is 0.477 e. The fourth-order valence-electron chi connectivity index (χ4n) is 2.66. The van der Waals surface area contributed by atoms with Gasteiger partial charge in [0.1, 0.15) is 11.3 Å². The van der Waals surface area contributed by atoms with Gasteiger partial charge < -0.3 is 19.7 Å². The third-order valence-corrected chi connectivity index (χ3v) is 3.77. The summed E-state index contributed by atoms with van der Waals surface area (Å²) in [5.41, 5.74) is -1.39. The van der Waals surface area contributed by atoms with Crippen molar-refractivity contribution >= 4 is 16.9 Å². The highest BCUT2D eigenvalue weighted by Gasteiger charge is 2.22. The van der Waals surface area contributed by atoms with Gasteiger partial charge in [-0.1, -0.05) is 0 Å². The van der Waals surface area contributed by atoms with Crippen molar-refractivity contribution in [3.63, 3.8) is 0 Å². The maximum absolute atomic E-state index is 15.0. The summed E-state index contributed by atoms with van der Waals surface area (Å²) in [7, 11) is 0. The molecule has 9 heteroatoms. The number of aromatic carboxylic acids is 1. The Hall–Kier alpha value is -3.07. The fraction of sp³-hybridized carbons (Fsp3) is 0.188. The summed E-state index contributed by atoms with van der Waals surface area (Å²) in [6.45, 7) is 3.55. The van der Waals surface area contributed by atoms with E-state index in [0.717, 1.165) is 12.3 Å². The van der Waals surface area contributed by atoms with E-state index in [1.54, 1.807) is 13.8 Å². The Morgan fingerprint density at radius 3 is 2.52 bits per heavy atom. The number of carboxylic acids is 1. The van der Waals surface area contributed by atoms with Gasteiger partial charge in [-0.25, -0.2) is 18.6 Å². The lowest BCUT2D eigenvalue weighted by Gasteiger charge is -2.14. The van der Waals surface area contributed by atoms with E-state index in [0.29, 0.717) is 5.69 Å². The molecule has 0 saturated carbocycles. The number of fused-ring (bicyclic) bond motifs is 1. The molecule has 0 unspecified atom stereocenters. The van der Waals surface area contributed by atoms with Gasteiger partial charge in [-0.05, 0) is 19.9 Å². The standard InChI is InChI=1S/C16H13F2N3O3.H2O/c1-3-20-6-10(16(23)24)15(22)9-4-11(17)14(12(18)13(9)20)21-5-8(2)19-7-21;/h4-7H,3H2,1-2H3,(H,23,24);1H2. The molecule has 0 aliphatic rings. The van der Waals surface area contributed by atoms with Gasteiger partial charge in [0.2, 0.25) is 5.43 Å². The Bertz CT molecular complexity index is 1040. The first-order valence-electron chi connectivity index (χ1n) is 7.14. The Labute approximate surface area is 140 Å². The van der Waals surface area contributed by atoms with Crippen LogP contribution >= 0.6 is 0 Å². The van der Waals surface area contributed by atoms with Gasteiger partial charge in [0.05, 0.1) is 22.9 Å². The summed E-state index contributed by atoms with van der Waals surface area (Å²) in [5, 5.41) is 8.79. The maximum Gasteiger partial charge on any atom is 0.341 e. The Morgan fingerprint density at radius 1 is 1.32 bits per heavy atom. The highest BCUT2D eigenvalue weighted by molar-refractivity contribution is 5.93. The molecule has 0 aliphatic carbocycles. The molecular weight excluding hydrogens is 336 g/mol. The smallest absolute Gasteiger partial charge is 0.341 e. The minimum Gasteiger partial charge on any atom is -0.477 e. The molecule has 25 heavy (non-hydrogen) atoms. The van der Waals surface area contributed by atoms with Crippen LogP contribution in [-0.2, 0) is 6.54 Å². The fourth-order valence-corrected chi connectivity index (χ4v) is 2.66. The zero-order chi connectivity index (χ0) is 17.6. The molecule has 0 aliphatic heterocycles. The van der Waals surface area contributed by atoms with E-state index >= 15 is 0 Å². The lowest BCUT2D eigenvalue weighted by Crippen LogP contribution is -2.20. The molecular formula is C16H15F2N3O4. The van der Waals surface area contributed by atoms with Gasteiger partial charge >= 0.3 is 5.97 Å². The van der Waals surface area contributed by atoms with Crippen molar-refractivity contribution in [1.82, 2.24) is 14.1 Å². The number of aryl methyl sites for hydroxylation is 2. The minimum absolute atomic E-state index is 0. The zero-order valence-electron chi connectivity index (χ0n) is 13.4. The zero-order valence-corrected chi connectivity index (χ0v) is 13.4. The predicted molar refractivity (Wildman–Crippen MR) is 86.2 cm³/mol. The average molecular weight is 351 g/mol. The van der Waals surface area contributed by atoms with Crippen LogP contribution in [0.5, 0.6) is 0 Å². The number of hydrogen-bond acceptors (Lipinski definition) is 3. The SMILES string of the molecule is CCn1cc(C(=O)O)c(=O)c2cc(F)c(-n3cnc(C)c3)c(F)c21.O. The van der Waals surface area contributed by atoms with Crippen LogP contribution in [0.15, 0.2) is 29.6 Å². The number of carboxylic acid groups (broad SMARTS) is 1. The first kappa shape index (κ1) is 18.3. The first-order valence-corrected chi connectivity index (χ1v) is 7.14. The summed E-state index contributed by atoms with van der Waals surface area (Å²) in [6.07, 6.45) is 3.78. The number of imidazole rings is 1. The topological polar surface area (TPSA) is 109 Å². The predicted octanol–water partition coefficient (Wildman–Crippen LogP) is 1.67. The molecule has 2 aromatic heterocycles. The van der Waals surface area contributed by atoms with Gasteiger partial charge in [0.15, 0.2) is 11.6 Å². The van der Waals surface area contributed by atoms with Gasteiger partial charge in [0, 0.05) is 18.9 Å². The first-order chi connectivity index (χ1) is 11.3. The van der Waals surface area contributed by atoms with E-state index in [1.165, 1.54) is 21.7 Å². The van der Waals surface area contributed by atoms with Crippen LogP contribution in [0.4, 0.5) is 8.78 Å². The number of aromatic nitrogens is 3. The average Bonchev–Trinajstić information content (AvgIpc) is 2.94. The van der Waals surface area contributed by atoms with Crippen molar-refractivity contribution in [1.29, 1.82) is 0 Å². The Morgan fingerprint density at radius 2 is 2.00 bits per heavy atom. The second-order valence-corrected chi connectivity index (χ2v) is 5.30. The van der Waals surface area contributed by atoms with Gasteiger partial charge in [0.25, 0.3) is 0 Å². The monoisotopic (exact) mass is 351 g/mol. The molecule has 3 aromatic rings. The molecule has 0 spiro atoms. The molecule has 2 heterocycles. The third kappa shape index (κ3) is 2.78. The molecule has 0 amide bonds. The molecule has 0 bridgehead atoms. The number of pyridine rings is 1. The number of carbonyl (C=O) groups is 1. The van der Waals surface area contributed by atoms with Crippen molar-refractivity contribution in [3.05, 3.63) is 57.9 Å². The van der Waals surface area contributed by atoms with E-state index in [1.807, 2.05) is 0 Å². The van der Waals surface area contributed by atoms with E-state index in [9.17, 15) is 18.4 Å². The summed E-state index contributed by atoms with van der Waals surface area (Å²) in [5.74, 6) is -3.36. The summed E-state index contributed by atoms with van der Waals surface area (Å²) >= 11 is 0. The second kappa shape index (κ2) is 6.44. The molecule has 3 rings (SSSR count). The molecule has 1 aromatic carbocycles. The van der Waals surface area contributed by atoms with Gasteiger partial charge in [-0.2, -0.15) is 0 Å². The molecule has 7 nitrogen and oxygen atoms in total. The van der Waals surface area contributed by atoms with Crippen LogP contribution in [0.25, 0.3) is 16.6 Å². The Balaban J connectivity index is 0.00000225. The molecule has 0 atom stereocenters. The van der Waals surface area contributed by atoms with Crippen molar-refractivity contribution in [2.75, 3.05) is 0 Å². The van der Waals surface area contributed by atoms with Crippen LogP contribution in [0.3, 0.4) is 0 Å². The third-order valence-electron chi connectivity index (χ3n) is 3.77. The lowest BCUT2D eigenvalue weighted by atomic mass is 10.1. The van der Waals surface area contributed by atoms with Crippen molar-refractivity contribution in [2.45, 2.75) is 20.4 Å². The lowest BCUT2D eigenvalue weighted by molar-refractivity contribution is 0.0695. The van der Waals surface area contributed by atoms with Crippen LogP contribution in [0.1, 0.15) is 23.0 Å². The minimum atomic E-state index is -1.45. The molecule has 3 N–H and O–H groups in total. The highest BCUT2D eigenvalue weighted by atomic mass is 19.1. The van der Waals surface area contributed by atoms with E-state index < -0.39 is 28.6 Å². The summed E-state index contributed by atoms with van der Waals surface area (Å²) in [4.78, 5) is 27.4. The van der Waals surface area contributed by atoms with Crippen LogP contribution < -0.4 is 5.43 Å². The quantitative estimate of drug-likeness (QED) is 0.774. The van der Waals surface area contributed by atoms with Crippen molar-refractivity contribution in [2.24, 2.45) is 0 Å².